The molecule has 0 saturated carbocycles. The third-order valence-corrected chi connectivity index (χ3v) is 1.56. The van der Waals surface area contributed by atoms with Crippen LogP contribution in [-0.4, -0.2) is 12.3 Å². The molecule has 0 aromatic heterocycles. The molecule has 0 aliphatic rings. The maximum Gasteiger partial charge on any atom is 0.247 e. The lowest BCUT2D eigenvalue weighted by Crippen LogP contribution is -2.07. The van der Waals surface area contributed by atoms with Gasteiger partial charge in [-0.05, 0) is 30.3 Å². The van der Waals surface area contributed by atoms with E-state index >= 15 is 0 Å². The van der Waals surface area contributed by atoms with Crippen LogP contribution in [0.25, 0.3) is 0 Å². The molecule has 2 N–H and O–H groups in total. The molecule has 0 bridgehead atoms. The van der Waals surface area contributed by atoms with Crippen LogP contribution < -0.4 is 10.6 Å². The predicted octanol–water partition coefficient (Wildman–Crippen LogP) is 1.38. The number of benzene rings is 1. The summed E-state index contributed by atoms with van der Waals surface area (Å²) in [5.41, 5.74) is 1.34. The number of hydrogen-bond donors (Lipinski definition) is 2. The quantitative estimate of drug-likeness (QED) is 0.556. The van der Waals surface area contributed by atoms with Crippen LogP contribution in [0.3, 0.4) is 0 Å². The van der Waals surface area contributed by atoms with Crippen LogP contribution in [0.15, 0.2) is 36.9 Å². The average Bonchev–Trinajstić information content (AvgIpc) is 2.21. The molecule has 4 nitrogen and oxygen atoms in total. The van der Waals surface area contributed by atoms with Gasteiger partial charge in [-0.25, -0.2) is 0 Å². The molecule has 72 valence electrons. The first-order chi connectivity index (χ1) is 6.76. The zero-order chi connectivity index (χ0) is 10.4. The number of carbonyl (C=O) groups is 2. The Kier molecular flexibility index (Phi) is 3.43. The van der Waals surface area contributed by atoms with Gasteiger partial charge in [-0.3, -0.25) is 9.59 Å². The molecule has 0 aliphatic carbocycles. The summed E-state index contributed by atoms with van der Waals surface area (Å²) in [6.07, 6.45) is 1.79. The highest BCUT2D eigenvalue weighted by molar-refractivity contribution is 5.98. The monoisotopic (exact) mass is 190 g/mol. The van der Waals surface area contributed by atoms with Crippen molar-refractivity contribution in [2.24, 2.45) is 0 Å². The van der Waals surface area contributed by atoms with E-state index < -0.39 is 0 Å². The van der Waals surface area contributed by atoms with Crippen molar-refractivity contribution in [3.8, 4) is 0 Å². The summed E-state index contributed by atoms with van der Waals surface area (Å²) in [5.74, 6) is -0.263. The average molecular weight is 190 g/mol. The van der Waals surface area contributed by atoms with Gasteiger partial charge in [-0.1, -0.05) is 6.58 Å². The van der Waals surface area contributed by atoms with Crippen molar-refractivity contribution in [1.29, 1.82) is 0 Å². The largest absolute Gasteiger partial charge is 0.329 e. The highest BCUT2D eigenvalue weighted by Gasteiger charge is 1.96. The standard InChI is InChI=1S/C10H10N2O2/c1-2-10(14)12-9-5-3-8(4-6-9)11-7-13/h2-7H,1H2,(H,11,13)(H,12,14). The topological polar surface area (TPSA) is 58.2 Å². The smallest absolute Gasteiger partial charge is 0.247 e. The van der Waals surface area contributed by atoms with E-state index in [0.717, 1.165) is 0 Å². The summed E-state index contributed by atoms with van der Waals surface area (Å²) in [6, 6.07) is 6.75. The Hall–Kier alpha value is -2.10. The molecule has 0 saturated heterocycles. The van der Waals surface area contributed by atoms with Gasteiger partial charge in [0.25, 0.3) is 0 Å². The number of nitrogens with one attached hydrogen (secondary N) is 2. The first kappa shape index (κ1) is 9.98. The van der Waals surface area contributed by atoms with Crippen LogP contribution in [0.2, 0.25) is 0 Å². The summed E-state index contributed by atoms with van der Waals surface area (Å²) < 4.78 is 0. The molecular formula is C10H10N2O2. The summed E-state index contributed by atoms with van der Waals surface area (Å²) in [5, 5.41) is 5.08. The van der Waals surface area contributed by atoms with Crippen molar-refractivity contribution < 1.29 is 9.59 Å². The van der Waals surface area contributed by atoms with Crippen LogP contribution >= 0.6 is 0 Å². The fraction of sp³-hybridized carbons (Fsp3) is 0. The Bertz CT molecular complexity index is 344. The highest BCUT2D eigenvalue weighted by Crippen LogP contribution is 2.12. The van der Waals surface area contributed by atoms with Gasteiger partial charge in [0.05, 0.1) is 0 Å². The molecule has 0 spiro atoms. The molecule has 0 heterocycles. The number of hydrogen-bond acceptors (Lipinski definition) is 2. The van der Waals surface area contributed by atoms with Gasteiger partial charge in [0, 0.05) is 11.4 Å². The summed E-state index contributed by atoms with van der Waals surface area (Å²) in [4.78, 5) is 21.0. The molecule has 4 heteroatoms. The Balaban J connectivity index is 2.68. The van der Waals surface area contributed by atoms with Crippen molar-refractivity contribution in [1.82, 2.24) is 0 Å². The Morgan fingerprint density at radius 1 is 1.21 bits per heavy atom. The van der Waals surface area contributed by atoms with Gasteiger partial charge in [0.15, 0.2) is 0 Å². The maximum absolute atomic E-state index is 10.9. The van der Waals surface area contributed by atoms with Crippen LogP contribution in [0, 0.1) is 0 Å². The Morgan fingerprint density at radius 3 is 2.29 bits per heavy atom. The molecule has 0 atom stereocenters. The zero-order valence-corrected chi connectivity index (χ0v) is 7.49. The fourth-order valence-corrected chi connectivity index (χ4v) is 0.911. The van der Waals surface area contributed by atoms with Gasteiger partial charge in [-0.2, -0.15) is 0 Å². The summed E-state index contributed by atoms with van der Waals surface area (Å²) >= 11 is 0. The normalized spacial score (nSPS) is 8.86. The predicted molar refractivity (Wildman–Crippen MR) is 55.0 cm³/mol. The van der Waals surface area contributed by atoms with Crippen molar-refractivity contribution in [2.75, 3.05) is 10.6 Å². The lowest BCUT2D eigenvalue weighted by molar-refractivity contribution is -0.112. The second-order valence-electron chi connectivity index (χ2n) is 2.53. The number of amides is 2. The molecule has 1 aromatic carbocycles. The molecular weight excluding hydrogens is 180 g/mol. The van der Waals surface area contributed by atoms with Crippen molar-refractivity contribution in [2.45, 2.75) is 0 Å². The van der Waals surface area contributed by atoms with Crippen LogP contribution in [0.5, 0.6) is 0 Å². The molecule has 0 fully saturated rings. The maximum atomic E-state index is 10.9. The zero-order valence-electron chi connectivity index (χ0n) is 7.49. The van der Waals surface area contributed by atoms with E-state index in [9.17, 15) is 9.59 Å². The molecule has 0 aliphatic heterocycles. The first-order valence-corrected chi connectivity index (χ1v) is 4.00. The second-order valence-corrected chi connectivity index (χ2v) is 2.53. The third-order valence-electron chi connectivity index (χ3n) is 1.56. The van der Waals surface area contributed by atoms with E-state index in [1.807, 2.05) is 0 Å². The minimum atomic E-state index is -0.263. The molecule has 1 aromatic rings. The number of anilines is 2. The SMILES string of the molecule is C=CC(=O)Nc1ccc(NC=O)cc1. The molecule has 14 heavy (non-hydrogen) atoms. The molecule has 0 radical (unpaired) electrons. The van der Waals surface area contributed by atoms with Gasteiger partial charge in [0.1, 0.15) is 0 Å². The van der Waals surface area contributed by atoms with E-state index in [4.69, 9.17) is 0 Å². The van der Waals surface area contributed by atoms with E-state index in [2.05, 4.69) is 17.2 Å². The number of rotatable bonds is 4. The summed E-state index contributed by atoms with van der Waals surface area (Å²) in [6.45, 7) is 3.33. The minimum Gasteiger partial charge on any atom is -0.329 e. The van der Waals surface area contributed by atoms with Crippen LogP contribution in [0.4, 0.5) is 11.4 Å². The number of carbonyl (C=O) groups excluding carboxylic acids is 2. The van der Waals surface area contributed by atoms with Gasteiger partial charge in [-0.15, -0.1) is 0 Å². The Labute approximate surface area is 81.6 Å². The first-order valence-electron chi connectivity index (χ1n) is 4.00. The highest BCUT2D eigenvalue weighted by atomic mass is 16.1. The van der Waals surface area contributed by atoms with Crippen molar-refractivity contribution in [3.05, 3.63) is 36.9 Å². The molecule has 0 unspecified atom stereocenters. The summed E-state index contributed by atoms with van der Waals surface area (Å²) in [7, 11) is 0. The van der Waals surface area contributed by atoms with Crippen LogP contribution in [-0.2, 0) is 9.59 Å². The molecule has 2 amide bonds. The van der Waals surface area contributed by atoms with Crippen LogP contribution in [0.1, 0.15) is 0 Å². The minimum absolute atomic E-state index is 0.263. The van der Waals surface area contributed by atoms with E-state index in [-0.39, 0.29) is 5.91 Å². The fourth-order valence-electron chi connectivity index (χ4n) is 0.911. The lowest BCUT2D eigenvalue weighted by Gasteiger charge is -2.03. The second kappa shape index (κ2) is 4.81. The van der Waals surface area contributed by atoms with E-state index in [1.54, 1.807) is 24.3 Å². The van der Waals surface area contributed by atoms with Gasteiger partial charge >= 0.3 is 0 Å². The van der Waals surface area contributed by atoms with E-state index in [1.165, 1.54) is 6.08 Å². The van der Waals surface area contributed by atoms with Crippen molar-refractivity contribution in [3.63, 3.8) is 0 Å². The van der Waals surface area contributed by atoms with Gasteiger partial charge < -0.3 is 10.6 Å². The van der Waals surface area contributed by atoms with E-state index in [0.29, 0.717) is 17.8 Å². The molecule has 1 rings (SSSR count). The van der Waals surface area contributed by atoms with Gasteiger partial charge in [0.2, 0.25) is 12.3 Å². The Morgan fingerprint density at radius 2 is 1.79 bits per heavy atom. The third kappa shape index (κ3) is 2.75. The van der Waals surface area contributed by atoms with Crippen molar-refractivity contribution >= 4 is 23.7 Å². The lowest BCUT2D eigenvalue weighted by atomic mass is 10.3.